The van der Waals surface area contributed by atoms with E-state index in [1.54, 1.807) is 4.90 Å². The fourth-order valence-electron chi connectivity index (χ4n) is 4.45. The first-order valence-corrected chi connectivity index (χ1v) is 8.94. The van der Waals surface area contributed by atoms with Crippen molar-refractivity contribution in [3.63, 3.8) is 0 Å². The van der Waals surface area contributed by atoms with E-state index in [-0.39, 0.29) is 17.1 Å². The highest BCUT2D eigenvalue weighted by atomic mass is 19.1. The van der Waals surface area contributed by atoms with E-state index in [2.05, 4.69) is 12.1 Å². The molecule has 26 heavy (non-hydrogen) atoms. The van der Waals surface area contributed by atoms with Gasteiger partial charge >= 0.3 is 0 Å². The second-order valence-electron chi connectivity index (χ2n) is 7.17. The van der Waals surface area contributed by atoms with E-state index < -0.39 is 11.9 Å². The van der Waals surface area contributed by atoms with E-state index in [0.29, 0.717) is 25.1 Å². The number of benzene rings is 2. The zero-order chi connectivity index (χ0) is 18.3. The molecular weight excluding hydrogens is 333 g/mol. The smallest absolute Gasteiger partial charge is 0.253 e. The summed E-state index contributed by atoms with van der Waals surface area (Å²) in [7, 11) is 1.39. The van der Waals surface area contributed by atoms with E-state index in [1.807, 2.05) is 12.1 Å². The summed E-state index contributed by atoms with van der Waals surface area (Å²) in [6.45, 7) is 1.15. The third-order valence-electron chi connectivity index (χ3n) is 5.95. The van der Waals surface area contributed by atoms with Gasteiger partial charge in [-0.15, -0.1) is 0 Å². The van der Waals surface area contributed by atoms with Crippen LogP contribution in [0.4, 0.5) is 4.39 Å². The fourth-order valence-corrected chi connectivity index (χ4v) is 4.45. The van der Waals surface area contributed by atoms with Gasteiger partial charge in [0, 0.05) is 24.1 Å². The van der Waals surface area contributed by atoms with Gasteiger partial charge in [0.1, 0.15) is 0 Å². The Hall–Kier alpha value is -2.40. The van der Waals surface area contributed by atoms with Crippen LogP contribution in [0.1, 0.15) is 34.3 Å². The molecule has 1 aliphatic heterocycles. The predicted octanol–water partition coefficient (Wildman–Crippen LogP) is 2.93. The number of aliphatic hydroxyl groups excluding tert-OH is 1. The number of nitrogens with zero attached hydrogens (tertiary/aromatic N) is 1. The molecule has 5 heteroatoms. The van der Waals surface area contributed by atoms with Crippen molar-refractivity contribution in [2.75, 3.05) is 20.2 Å². The minimum Gasteiger partial charge on any atom is -0.494 e. The number of rotatable bonds is 2. The Morgan fingerprint density at radius 1 is 1.23 bits per heavy atom. The van der Waals surface area contributed by atoms with Crippen LogP contribution in [0.5, 0.6) is 5.75 Å². The van der Waals surface area contributed by atoms with Gasteiger partial charge in [-0.05, 0) is 48.6 Å². The number of ether oxygens (including phenoxy) is 1. The van der Waals surface area contributed by atoms with Crippen molar-refractivity contribution >= 4 is 5.91 Å². The molecule has 1 saturated heterocycles. The summed E-state index contributed by atoms with van der Waals surface area (Å²) in [6, 6.07) is 12.4. The van der Waals surface area contributed by atoms with Gasteiger partial charge in [0.2, 0.25) is 0 Å². The number of carbonyl (C=O) groups is 1. The SMILES string of the molecule is COc1cc(C(=O)N2CCC3(CC2)c2ccccc2CC3O)ccc1F. The Labute approximate surface area is 152 Å². The maximum absolute atomic E-state index is 13.6. The number of methoxy groups -OCH3 is 1. The van der Waals surface area contributed by atoms with Crippen molar-refractivity contribution in [1.82, 2.24) is 4.90 Å². The van der Waals surface area contributed by atoms with E-state index in [0.717, 1.165) is 12.8 Å². The van der Waals surface area contributed by atoms with E-state index in [1.165, 1.54) is 36.4 Å². The molecule has 1 aliphatic carbocycles. The normalized spacial score (nSPS) is 20.9. The van der Waals surface area contributed by atoms with Gasteiger partial charge in [-0.2, -0.15) is 0 Å². The lowest BCUT2D eigenvalue weighted by Crippen LogP contribution is -2.49. The molecule has 0 bridgehead atoms. The van der Waals surface area contributed by atoms with E-state index >= 15 is 0 Å². The number of hydrogen-bond donors (Lipinski definition) is 1. The number of fused-ring (bicyclic) bond motifs is 2. The van der Waals surface area contributed by atoms with Gasteiger partial charge in [-0.3, -0.25) is 4.79 Å². The zero-order valence-corrected chi connectivity index (χ0v) is 14.7. The number of amides is 1. The molecule has 0 saturated carbocycles. The Bertz CT molecular complexity index is 843. The third kappa shape index (κ3) is 2.58. The molecule has 1 unspecified atom stereocenters. The topological polar surface area (TPSA) is 49.8 Å². The summed E-state index contributed by atoms with van der Waals surface area (Å²) >= 11 is 0. The summed E-state index contributed by atoms with van der Waals surface area (Å²) in [6.07, 6.45) is 1.74. The average molecular weight is 355 g/mol. The van der Waals surface area contributed by atoms with Crippen LogP contribution in [0, 0.1) is 5.82 Å². The molecule has 1 amide bonds. The van der Waals surface area contributed by atoms with Crippen LogP contribution in [-0.4, -0.2) is 42.2 Å². The van der Waals surface area contributed by atoms with Crippen LogP contribution in [0.2, 0.25) is 0 Å². The lowest BCUT2D eigenvalue weighted by atomic mass is 9.72. The lowest BCUT2D eigenvalue weighted by Gasteiger charge is -2.42. The quantitative estimate of drug-likeness (QED) is 0.901. The monoisotopic (exact) mass is 355 g/mol. The van der Waals surface area contributed by atoms with Gasteiger partial charge in [0.25, 0.3) is 5.91 Å². The molecule has 4 nitrogen and oxygen atoms in total. The summed E-state index contributed by atoms with van der Waals surface area (Å²) in [4.78, 5) is 14.6. The lowest BCUT2D eigenvalue weighted by molar-refractivity contribution is 0.0365. The first-order chi connectivity index (χ1) is 12.5. The summed E-state index contributed by atoms with van der Waals surface area (Å²) in [5.41, 5.74) is 2.60. The van der Waals surface area contributed by atoms with Gasteiger partial charge in [-0.25, -0.2) is 4.39 Å². The first kappa shape index (κ1) is 17.0. The molecule has 2 aromatic rings. The second kappa shape index (κ2) is 6.40. The number of halogens is 1. The van der Waals surface area contributed by atoms with Crippen LogP contribution < -0.4 is 4.74 Å². The predicted molar refractivity (Wildman–Crippen MR) is 95.9 cm³/mol. The van der Waals surface area contributed by atoms with Crippen LogP contribution in [0.15, 0.2) is 42.5 Å². The molecule has 136 valence electrons. The van der Waals surface area contributed by atoms with Gasteiger partial charge in [0.15, 0.2) is 11.6 Å². The van der Waals surface area contributed by atoms with Gasteiger partial charge in [-0.1, -0.05) is 24.3 Å². The number of likely N-dealkylation sites (tertiary alicyclic amines) is 1. The van der Waals surface area contributed by atoms with Gasteiger partial charge in [0.05, 0.1) is 13.2 Å². The molecule has 1 fully saturated rings. The molecule has 1 N–H and O–H groups in total. The van der Waals surface area contributed by atoms with Crippen LogP contribution in [0.25, 0.3) is 0 Å². The number of carbonyl (C=O) groups excluding carboxylic acids is 1. The number of piperidine rings is 1. The maximum Gasteiger partial charge on any atom is 0.253 e. The van der Waals surface area contributed by atoms with E-state index in [9.17, 15) is 14.3 Å². The van der Waals surface area contributed by atoms with Crippen molar-refractivity contribution in [3.8, 4) is 5.75 Å². The third-order valence-corrected chi connectivity index (χ3v) is 5.95. The maximum atomic E-state index is 13.6. The van der Waals surface area contributed by atoms with Crippen molar-refractivity contribution in [2.45, 2.75) is 30.8 Å². The van der Waals surface area contributed by atoms with Crippen LogP contribution >= 0.6 is 0 Å². The summed E-state index contributed by atoms with van der Waals surface area (Å²) in [5, 5.41) is 10.7. The van der Waals surface area contributed by atoms with Crippen molar-refractivity contribution < 1.29 is 19.0 Å². The Kier molecular flexibility index (Phi) is 4.19. The highest BCUT2D eigenvalue weighted by molar-refractivity contribution is 5.94. The second-order valence-corrected chi connectivity index (χ2v) is 7.17. The Balaban J connectivity index is 1.53. The Morgan fingerprint density at radius 2 is 1.96 bits per heavy atom. The summed E-state index contributed by atoms with van der Waals surface area (Å²) < 4.78 is 18.6. The number of hydrogen-bond acceptors (Lipinski definition) is 3. The molecule has 4 rings (SSSR count). The fraction of sp³-hybridized carbons (Fsp3) is 0.381. The Morgan fingerprint density at radius 3 is 2.69 bits per heavy atom. The van der Waals surface area contributed by atoms with E-state index in [4.69, 9.17) is 4.74 Å². The number of aliphatic hydroxyl groups is 1. The highest BCUT2D eigenvalue weighted by Crippen LogP contribution is 2.46. The van der Waals surface area contributed by atoms with Crippen LogP contribution in [0.3, 0.4) is 0 Å². The molecular formula is C21H22FNO3. The molecule has 0 radical (unpaired) electrons. The molecule has 1 spiro atoms. The minimum atomic E-state index is -0.479. The zero-order valence-electron chi connectivity index (χ0n) is 14.7. The standard InChI is InChI=1S/C21H22FNO3/c1-26-18-12-15(6-7-17(18)22)20(25)23-10-8-21(9-11-23)16-5-3-2-4-14(16)13-19(21)24/h2-7,12,19,24H,8-11,13H2,1H3. The van der Waals surface area contributed by atoms with Crippen molar-refractivity contribution in [3.05, 3.63) is 65.0 Å². The molecule has 1 atom stereocenters. The molecule has 2 aromatic carbocycles. The van der Waals surface area contributed by atoms with Crippen molar-refractivity contribution in [2.24, 2.45) is 0 Å². The van der Waals surface area contributed by atoms with Crippen LogP contribution in [-0.2, 0) is 11.8 Å². The van der Waals surface area contributed by atoms with Crippen molar-refractivity contribution in [1.29, 1.82) is 0 Å². The largest absolute Gasteiger partial charge is 0.494 e. The highest BCUT2D eigenvalue weighted by Gasteiger charge is 2.48. The summed E-state index contributed by atoms with van der Waals surface area (Å²) in [5.74, 6) is -0.532. The molecule has 2 aliphatic rings. The molecule has 0 aromatic heterocycles. The molecule has 1 heterocycles. The first-order valence-electron chi connectivity index (χ1n) is 8.94. The minimum absolute atomic E-state index is 0.0736. The van der Waals surface area contributed by atoms with Gasteiger partial charge < -0.3 is 14.7 Å². The average Bonchev–Trinajstić information content (AvgIpc) is 2.94.